The molecule has 0 aliphatic carbocycles. The van der Waals surface area contributed by atoms with Gasteiger partial charge in [-0.2, -0.15) is 0 Å². The van der Waals surface area contributed by atoms with Crippen LogP contribution in [0.25, 0.3) is 0 Å². The van der Waals surface area contributed by atoms with E-state index in [1.807, 2.05) is 0 Å². The number of aliphatic hydroxyl groups is 1. The summed E-state index contributed by atoms with van der Waals surface area (Å²) < 4.78 is 31.2. The summed E-state index contributed by atoms with van der Waals surface area (Å²) in [7, 11) is 1.42. The molecule has 0 amide bonds. The van der Waals surface area contributed by atoms with Crippen LogP contribution in [0.15, 0.2) is 12.1 Å². The Labute approximate surface area is 92.0 Å². The summed E-state index contributed by atoms with van der Waals surface area (Å²) in [4.78, 5) is 0. The van der Waals surface area contributed by atoms with Crippen LogP contribution in [0.5, 0.6) is 0 Å². The number of nitrogens with two attached hydrogens (primary N) is 1. The number of hydrogen-bond acceptors (Lipinski definition) is 4. The number of aliphatic hydroxyl groups excluding tert-OH is 1. The summed E-state index contributed by atoms with van der Waals surface area (Å²) in [6, 6.07) is 2.02. The maximum Gasteiger partial charge on any atom is 0.151 e. The molecule has 1 aromatic rings. The number of nitrogens with one attached hydrogen (secondary N) is 1. The van der Waals surface area contributed by atoms with Crippen molar-refractivity contribution in [2.24, 2.45) is 0 Å². The fourth-order valence-corrected chi connectivity index (χ4v) is 1.23. The van der Waals surface area contributed by atoms with E-state index in [0.717, 1.165) is 12.1 Å². The van der Waals surface area contributed by atoms with Crippen molar-refractivity contribution in [3.8, 4) is 0 Å². The van der Waals surface area contributed by atoms with E-state index >= 15 is 0 Å². The number of hydrogen-bond donors (Lipinski definition) is 3. The molecule has 90 valence electrons. The molecule has 0 bridgehead atoms. The summed E-state index contributed by atoms with van der Waals surface area (Å²) in [5.41, 5.74) is 4.97. The zero-order valence-corrected chi connectivity index (χ0v) is 8.84. The van der Waals surface area contributed by atoms with Gasteiger partial charge in [-0.3, -0.25) is 0 Å². The first-order chi connectivity index (χ1) is 7.54. The van der Waals surface area contributed by atoms with E-state index in [9.17, 15) is 13.9 Å². The molecule has 0 heterocycles. The Morgan fingerprint density at radius 3 is 2.50 bits per heavy atom. The van der Waals surface area contributed by atoms with Crippen molar-refractivity contribution in [3.63, 3.8) is 0 Å². The minimum absolute atomic E-state index is 0.00834. The molecule has 0 aliphatic rings. The van der Waals surface area contributed by atoms with Gasteiger partial charge in [0.25, 0.3) is 0 Å². The number of rotatable bonds is 5. The second kappa shape index (κ2) is 5.62. The Hall–Kier alpha value is -1.40. The van der Waals surface area contributed by atoms with E-state index in [-0.39, 0.29) is 24.5 Å². The van der Waals surface area contributed by atoms with Crippen LogP contribution in [0.1, 0.15) is 0 Å². The Morgan fingerprint density at radius 1 is 1.44 bits per heavy atom. The fourth-order valence-electron chi connectivity index (χ4n) is 1.23. The van der Waals surface area contributed by atoms with E-state index in [2.05, 4.69) is 10.1 Å². The van der Waals surface area contributed by atoms with Crippen molar-refractivity contribution in [3.05, 3.63) is 23.8 Å². The number of halogens is 2. The first-order valence-corrected chi connectivity index (χ1v) is 4.70. The minimum Gasteiger partial charge on any atom is -0.399 e. The molecule has 4 nitrogen and oxygen atoms in total. The van der Waals surface area contributed by atoms with Gasteiger partial charge in [0, 0.05) is 19.3 Å². The van der Waals surface area contributed by atoms with Gasteiger partial charge < -0.3 is 20.9 Å². The van der Waals surface area contributed by atoms with Gasteiger partial charge in [0.1, 0.15) is 5.69 Å². The number of ether oxygens (including phenoxy) is 1. The normalized spacial score (nSPS) is 12.5. The van der Waals surface area contributed by atoms with Crippen LogP contribution in [-0.4, -0.2) is 31.5 Å². The van der Waals surface area contributed by atoms with Crippen LogP contribution in [0, 0.1) is 11.6 Å². The predicted molar refractivity (Wildman–Crippen MR) is 57.1 cm³/mol. The Bertz CT molecular complexity index is 338. The largest absolute Gasteiger partial charge is 0.399 e. The summed E-state index contributed by atoms with van der Waals surface area (Å²) in [6.45, 7) is 0.0802. The van der Waals surface area contributed by atoms with Crippen molar-refractivity contribution in [2.75, 3.05) is 31.3 Å². The molecule has 0 spiro atoms. The molecular weight excluding hydrogens is 218 g/mol. The van der Waals surface area contributed by atoms with E-state index in [1.165, 1.54) is 7.11 Å². The highest BCUT2D eigenvalue weighted by Gasteiger charge is 2.11. The molecule has 1 aromatic carbocycles. The number of benzene rings is 1. The van der Waals surface area contributed by atoms with E-state index in [0.29, 0.717) is 0 Å². The van der Waals surface area contributed by atoms with Crippen molar-refractivity contribution < 1.29 is 18.6 Å². The smallest absolute Gasteiger partial charge is 0.151 e. The van der Waals surface area contributed by atoms with Crippen molar-refractivity contribution in [1.29, 1.82) is 0 Å². The third-order valence-corrected chi connectivity index (χ3v) is 1.94. The predicted octanol–water partition coefficient (Wildman–Crippen LogP) is 0.966. The average molecular weight is 232 g/mol. The van der Waals surface area contributed by atoms with Gasteiger partial charge in [-0.05, 0) is 12.1 Å². The van der Waals surface area contributed by atoms with Gasteiger partial charge in [-0.1, -0.05) is 0 Å². The third kappa shape index (κ3) is 3.32. The zero-order chi connectivity index (χ0) is 12.1. The molecule has 1 unspecified atom stereocenters. The van der Waals surface area contributed by atoms with Gasteiger partial charge >= 0.3 is 0 Å². The van der Waals surface area contributed by atoms with Gasteiger partial charge in [-0.15, -0.1) is 0 Å². The molecule has 0 fully saturated rings. The number of methoxy groups -OCH3 is 1. The number of anilines is 2. The minimum atomic E-state index is -0.832. The Balaban J connectivity index is 2.67. The van der Waals surface area contributed by atoms with Crippen LogP contribution < -0.4 is 11.1 Å². The lowest BCUT2D eigenvalue weighted by molar-refractivity contribution is 0.0727. The van der Waals surface area contributed by atoms with Crippen molar-refractivity contribution >= 4 is 11.4 Å². The van der Waals surface area contributed by atoms with Gasteiger partial charge in [0.05, 0.1) is 12.7 Å². The lowest BCUT2D eigenvalue weighted by Gasteiger charge is -2.13. The molecule has 1 atom stereocenters. The van der Waals surface area contributed by atoms with Crippen LogP contribution in [-0.2, 0) is 4.74 Å². The maximum absolute atomic E-state index is 13.3. The molecule has 16 heavy (non-hydrogen) atoms. The van der Waals surface area contributed by atoms with Crippen LogP contribution >= 0.6 is 0 Å². The molecule has 1 rings (SSSR count). The zero-order valence-electron chi connectivity index (χ0n) is 8.84. The van der Waals surface area contributed by atoms with Crippen LogP contribution in [0.4, 0.5) is 20.2 Å². The molecule has 4 N–H and O–H groups in total. The topological polar surface area (TPSA) is 67.5 Å². The van der Waals surface area contributed by atoms with Gasteiger partial charge in [0.15, 0.2) is 11.6 Å². The molecule has 0 radical (unpaired) electrons. The monoisotopic (exact) mass is 232 g/mol. The molecule has 0 saturated carbocycles. The first-order valence-electron chi connectivity index (χ1n) is 4.70. The molecule has 0 aliphatic heterocycles. The van der Waals surface area contributed by atoms with Crippen molar-refractivity contribution in [2.45, 2.75) is 6.10 Å². The van der Waals surface area contributed by atoms with Crippen LogP contribution in [0.2, 0.25) is 0 Å². The Kier molecular flexibility index (Phi) is 4.45. The number of nitrogen functional groups attached to an aromatic ring is 1. The van der Waals surface area contributed by atoms with E-state index in [4.69, 9.17) is 5.73 Å². The van der Waals surface area contributed by atoms with Gasteiger partial charge in [-0.25, -0.2) is 8.78 Å². The Morgan fingerprint density at radius 2 is 2.00 bits per heavy atom. The summed E-state index contributed by atoms with van der Waals surface area (Å²) in [5.74, 6) is -1.58. The van der Waals surface area contributed by atoms with Gasteiger partial charge in [0.2, 0.25) is 0 Å². The third-order valence-electron chi connectivity index (χ3n) is 1.94. The summed E-state index contributed by atoms with van der Waals surface area (Å²) in [5, 5.41) is 11.7. The summed E-state index contributed by atoms with van der Waals surface area (Å²) in [6.07, 6.45) is -0.832. The molecule has 0 saturated heterocycles. The maximum atomic E-state index is 13.3. The molecule has 0 aromatic heterocycles. The first kappa shape index (κ1) is 12.7. The standard InChI is InChI=1S/C10H14F2N2O2/c1-16-5-7(15)4-14-10-8(11)2-6(13)3-9(10)12/h2-3,7,14-15H,4-5,13H2,1H3. The molecular formula is C10H14F2N2O2. The van der Waals surface area contributed by atoms with E-state index in [1.54, 1.807) is 0 Å². The second-order valence-corrected chi connectivity index (χ2v) is 3.35. The van der Waals surface area contributed by atoms with E-state index < -0.39 is 17.7 Å². The quantitative estimate of drug-likeness (QED) is 0.662. The van der Waals surface area contributed by atoms with Crippen molar-refractivity contribution in [1.82, 2.24) is 0 Å². The fraction of sp³-hybridized carbons (Fsp3) is 0.400. The second-order valence-electron chi connectivity index (χ2n) is 3.35. The molecule has 6 heteroatoms. The highest BCUT2D eigenvalue weighted by Crippen LogP contribution is 2.21. The average Bonchev–Trinajstić information content (AvgIpc) is 2.16. The highest BCUT2D eigenvalue weighted by atomic mass is 19.1. The lowest BCUT2D eigenvalue weighted by Crippen LogP contribution is -2.24. The SMILES string of the molecule is COCC(O)CNc1c(F)cc(N)cc1F. The highest BCUT2D eigenvalue weighted by molar-refractivity contribution is 5.54. The lowest BCUT2D eigenvalue weighted by atomic mass is 10.2. The summed E-state index contributed by atoms with van der Waals surface area (Å²) >= 11 is 0. The van der Waals surface area contributed by atoms with Crippen LogP contribution in [0.3, 0.4) is 0 Å².